The van der Waals surface area contributed by atoms with E-state index in [9.17, 15) is 4.79 Å². The van der Waals surface area contributed by atoms with E-state index in [1.807, 2.05) is 59.2 Å². The average Bonchev–Trinajstić information content (AvgIpc) is 3.41. The minimum absolute atomic E-state index is 0.0734. The van der Waals surface area contributed by atoms with Crippen LogP contribution in [-0.2, 0) is 0 Å². The van der Waals surface area contributed by atoms with Gasteiger partial charge in [-0.05, 0) is 34.7 Å². The van der Waals surface area contributed by atoms with Gasteiger partial charge in [-0.25, -0.2) is 4.79 Å². The molecule has 0 bridgehead atoms. The zero-order valence-corrected chi connectivity index (χ0v) is 14.7. The highest BCUT2D eigenvalue weighted by Crippen LogP contribution is 2.44. The molecule has 0 atom stereocenters. The highest BCUT2D eigenvalue weighted by Gasteiger charge is 2.28. The number of tetrazole rings is 1. The molecule has 3 aromatic heterocycles. The molecule has 0 aliphatic rings. The number of fused-ring (bicyclic) bond motifs is 3. The van der Waals surface area contributed by atoms with E-state index in [-0.39, 0.29) is 11.6 Å². The van der Waals surface area contributed by atoms with E-state index in [1.54, 1.807) is 0 Å². The van der Waals surface area contributed by atoms with Crippen molar-refractivity contribution in [3.63, 3.8) is 0 Å². The molecule has 1 amide bonds. The summed E-state index contributed by atoms with van der Waals surface area (Å²) in [5.74, 6) is 0.711. The monoisotopic (exact) mass is 374 g/mol. The van der Waals surface area contributed by atoms with Gasteiger partial charge in [-0.15, -0.1) is 9.78 Å². The van der Waals surface area contributed by atoms with Gasteiger partial charge in [0.15, 0.2) is 11.3 Å². The number of benzene rings is 2. The lowest BCUT2D eigenvalue weighted by atomic mass is 10.2. The number of carbonyl (C=O) groups is 1. The number of primary amides is 1. The average molecular weight is 374 g/mol. The minimum atomic E-state index is -0.820. The standard InChI is InChI=1S/C19H14N6O3/c1-27-16-14-15(28-17(16)18-21-22-23-25(18)19(20)26)12-9-5-6-10-13(12)24(14)11-7-3-2-4-8-11/h2-10H,1H3,(H2,20,26). The second-order valence-corrected chi connectivity index (χ2v) is 6.08. The normalized spacial score (nSPS) is 11.3. The SMILES string of the molecule is COc1c(-c2nnnn2C(N)=O)oc2c3ccccc3n(-c3ccccc3)c12. The smallest absolute Gasteiger partial charge is 0.343 e. The van der Waals surface area contributed by atoms with Gasteiger partial charge >= 0.3 is 6.03 Å². The Labute approximate surface area is 157 Å². The van der Waals surface area contributed by atoms with E-state index in [0.717, 1.165) is 21.3 Å². The van der Waals surface area contributed by atoms with Gasteiger partial charge < -0.3 is 19.5 Å². The number of nitrogens with two attached hydrogens (primary N) is 1. The van der Waals surface area contributed by atoms with Crippen LogP contribution in [0.2, 0.25) is 0 Å². The molecule has 0 aliphatic heterocycles. The van der Waals surface area contributed by atoms with Gasteiger partial charge in [0.1, 0.15) is 5.52 Å². The van der Waals surface area contributed by atoms with Gasteiger partial charge in [0.2, 0.25) is 11.6 Å². The predicted octanol–water partition coefficient (Wildman–Crippen LogP) is 2.97. The molecular formula is C19H14N6O3. The minimum Gasteiger partial charge on any atom is -0.491 e. The van der Waals surface area contributed by atoms with Gasteiger partial charge in [-0.3, -0.25) is 0 Å². The van der Waals surface area contributed by atoms with Crippen molar-refractivity contribution in [3.05, 3.63) is 54.6 Å². The number of aromatic nitrogens is 5. The molecule has 0 saturated carbocycles. The Morgan fingerprint density at radius 1 is 1.11 bits per heavy atom. The summed E-state index contributed by atoms with van der Waals surface area (Å²) in [5, 5.41) is 11.9. The zero-order valence-electron chi connectivity index (χ0n) is 14.7. The van der Waals surface area contributed by atoms with Gasteiger partial charge in [-0.1, -0.05) is 30.3 Å². The second kappa shape index (κ2) is 5.95. The van der Waals surface area contributed by atoms with E-state index in [2.05, 4.69) is 15.5 Å². The van der Waals surface area contributed by atoms with E-state index < -0.39 is 6.03 Å². The van der Waals surface area contributed by atoms with Gasteiger partial charge in [0.05, 0.1) is 12.6 Å². The van der Waals surface area contributed by atoms with Crippen LogP contribution in [-0.4, -0.2) is 37.9 Å². The quantitative estimate of drug-likeness (QED) is 0.486. The van der Waals surface area contributed by atoms with Crippen LogP contribution in [0.5, 0.6) is 5.75 Å². The molecule has 28 heavy (non-hydrogen) atoms. The number of carbonyl (C=O) groups excluding carboxylic acids is 1. The van der Waals surface area contributed by atoms with Gasteiger partial charge in [-0.2, -0.15) is 0 Å². The molecule has 0 fully saturated rings. The molecule has 0 saturated heterocycles. The highest BCUT2D eigenvalue weighted by molar-refractivity contribution is 6.10. The first-order valence-electron chi connectivity index (χ1n) is 8.44. The number of rotatable bonds is 3. The van der Waals surface area contributed by atoms with E-state index in [4.69, 9.17) is 14.9 Å². The van der Waals surface area contributed by atoms with Gasteiger partial charge in [0, 0.05) is 11.1 Å². The molecule has 0 aliphatic carbocycles. The summed E-state index contributed by atoms with van der Waals surface area (Å²) in [4.78, 5) is 11.7. The van der Waals surface area contributed by atoms with Crippen molar-refractivity contribution in [2.24, 2.45) is 5.73 Å². The summed E-state index contributed by atoms with van der Waals surface area (Å²) < 4.78 is 14.7. The third-order valence-electron chi connectivity index (χ3n) is 4.55. The summed E-state index contributed by atoms with van der Waals surface area (Å²) in [6.07, 6.45) is 0. The van der Waals surface area contributed by atoms with Crippen LogP contribution in [0.4, 0.5) is 4.79 Å². The Bertz CT molecular complexity index is 1330. The third-order valence-corrected chi connectivity index (χ3v) is 4.55. The maximum Gasteiger partial charge on any atom is 0.343 e. The van der Waals surface area contributed by atoms with Gasteiger partial charge in [0.25, 0.3) is 0 Å². The number of methoxy groups -OCH3 is 1. The first kappa shape index (κ1) is 16.1. The van der Waals surface area contributed by atoms with Crippen molar-refractivity contribution in [1.82, 2.24) is 24.8 Å². The van der Waals surface area contributed by atoms with Crippen molar-refractivity contribution in [3.8, 4) is 23.0 Å². The Morgan fingerprint density at radius 3 is 2.61 bits per heavy atom. The van der Waals surface area contributed by atoms with Crippen LogP contribution in [0.15, 0.2) is 59.0 Å². The van der Waals surface area contributed by atoms with Crippen molar-refractivity contribution in [2.75, 3.05) is 7.11 Å². The van der Waals surface area contributed by atoms with E-state index >= 15 is 0 Å². The molecule has 5 aromatic rings. The summed E-state index contributed by atoms with van der Waals surface area (Å²) >= 11 is 0. The lowest BCUT2D eigenvalue weighted by Crippen LogP contribution is -2.21. The fourth-order valence-electron chi connectivity index (χ4n) is 3.43. The molecule has 9 heteroatoms. The maximum atomic E-state index is 11.7. The highest BCUT2D eigenvalue weighted by atomic mass is 16.5. The Balaban J connectivity index is 1.93. The number of amides is 1. The molecule has 9 nitrogen and oxygen atoms in total. The fraction of sp³-hybridized carbons (Fsp3) is 0.0526. The van der Waals surface area contributed by atoms with Crippen LogP contribution in [0, 0.1) is 0 Å². The summed E-state index contributed by atoms with van der Waals surface area (Å²) in [7, 11) is 1.53. The maximum absolute atomic E-state index is 11.7. The van der Waals surface area contributed by atoms with Crippen LogP contribution in [0.1, 0.15) is 0 Å². The number of hydrogen-bond acceptors (Lipinski definition) is 6. The topological polar surface area (TPSA) is 114 Å². The van der Waals surface area contributed by atoms with E-state index in [1.165, 1.54) is 7.11 Å². The second-order valence-electron chi connectivity index (χ2n) is 6.08. The molecule has 2 N–H and O–H groups in total. The van der Waals surface area contributed by atoms with E-state index in [0.29, 0.717) is 16.8 Å². The predicted molar refractivity (Wildman–Crippen MR) is 101 cm³/mol. The Morgan fingerprint density at radius 2 is 1.86 bits per heavy atom. The molecule has 0 unspecified atom stereocenters. The number of ether oxygens (including phenoxy) is 1. The molecule has 2 aromatic carbocycles. The summed E-state index contributed by atoms with van der Waals surface area (Å²) in [6, 6.07) is 16.9. The molecule has 0 spiro atoms. The van der Waals surface area contributed by atoms with Crippen LogP contribution in [0.3, 0.4) is 0 Å². The molecule has 5 rings (SSSR count). The lowest BCUT2D eigenvalue weighted by Gasteiger charge is -2.08. The third kappa shape index (κ3) is 2.13. The first-order valence-corrected chi connectivity index (χ1v) is 8.44. The molecular weight excluding hydrogens is 360 g/mol. The summed E-state index contributed by atoms with van der Waals surface area (Å²) in [5.41, 5.74) is 8.58. The van der Waals surface area contributed by atoms with Crippen LogP contribution >= 0.6 is 0 Å². The number of nitrogens with zero attached hydrogens (tertiary/aromatic N) is 5. The van der Waals surface area contributed by atoms with Crippen molar-refractivity contribution in [1.29, 1.82) is 0 Å². The molecule has 138 valence electrons. The number of furan rings is 1. The van der Waals surface area contributed by atoms with Crippen LogP contribution in [0.25, 0.3) is 39.3 Å². The molecule has 3 heterocycles. The van der Waals surface area contributed by atoms with Crippen molar-refractivity contribution < 1.29 is 13.9 Å². The summed E-state index contributed by atoms with van der Waals surface area (Å²) in [6.45, 7) is 0. The molecule has 0 radical (unpaired) electrons. The van der Waals surface area contributed by atoms with Crippen LogP contribution < -0.4 is 10.5 Å². The largest absolute Gasteiger partial charge is 0.491 e. The number of hydrogen-bond donors (Lipinski definition) is 1. The Kier molecular flexibility index (Phi) is 3.41. The fourth-order valence-corrected chi connectivity index (χ4v) is 3.43. The van der Waals surface area contributed by atoms with Crippen molar-refractivity contribution >= 4 is 28.0 Å². The lowest BCUT2D eigenvalue weighted by molar-refractivity contribution is 0.247. The Hall–Kier alpha value is -4.14. The number of para-hydroxylation sites is 2. The zero-order chi connectivity index (χ0) is 19.3. The van der Waals surface area contributed by atoms with Crippen molar-refractivity contribution in [2.45, 2.75) is 0 Å². The first-order chi connectivity index (χ1) is 13.7.